The first-order valence-corrected chi connectivity index (χ1v) is 10.3. The molecule has 1 aliphatic rings. The van der Waals surface area contributed by atoms with E-state index in [-0.39, 0.29) is 23.8 Å². The molecule has 1 saturated heterocycles. The smallest absolute Gasteiger partial charge is 0.429 e. The van der Waals surface area contributed by atoms with Crippen LogP contribution in [0.4, 0.5) is 30.7 Å². The van der Waals surface area contributed by atoms with Crippen LogP contribution in [0.1, 0.15) is 37.2 Å². The molecule has 0 spiro atoms. The molecule has 1 fully saturated rings. The maximum Gasteiger partial charge on any atom is 0.429 e. The Morgan fingerprint density at radius 3 is 2.26 bits per heavy atom. The molecule has 0 N–H and O–H groups in total. The Balaban J connectivity index is 1.68. The van der Waals surface area contributed by atoms with E-state index in [1.165, 1.54) is 6.07 Å². The fourth-order valence-corrected chi connectivity index (χ4v) is 3.25. The van der Waals surface area contributed by atoms with Gasteiger partial charge in [-0.2, -0.15) is 22.0 Å². The topological polar surface area (TPSA) is 36.9 Å². The number of alkyl halides is 5. The molecule has 1 heterocycles. The van der Waals surface area contributed by atoms with Gasteiger partial charge in [0.1, 0.15) is 11.6 Å². The molecular formula is C23H21F7O4. The van der Waals surface area contributed by atoms with Gasteiger partial charge in [0.05, 0.1) is 31.1 Å². The van der Waals surface area contributed by atoms with Crippen LogP contribution in [0.2, 0.25) is 0 Å². The molecule has 0 aromatic heterocycles. The van der Waals surface area contributed by atoms with E-state index >= 15 is 0 Å². The van der Waals surface area contributed by atoms with Crippen LogP contribution in [-0.4, -0.2) is 19.4 Å². The van der Waals surface area contributed by atoms with Crippen LogP contribution in [0.15, 0.2) is 48.7 Å². The molecule has 3 rings (SSSR count). The molecule has 4 nitrogen and oxygen atoms in total. The zero-order valence-electron chi connectivity index (χ0n) is 17.9. The quantitative estimate of drug-likeness (QED) is 0.292. The third-order valence-electron chi connectivity index (χ3n) is 4.84. The number of halogens is 7. The Labute approximate surface area is 190 Å². The summed E-state index contributed by atoms with van der Waals surface area (Å²) in [5, 5.41) is 0. The van der Waals surface area contributed by atoms with E-state index < -0.39 is 47.3 Å². The van der Waals surface area contributed by atoms with Gasteiger partial charge in [-0.15, -0.1) is 0 Å². The van der Waals surface area contributed by atoms with Crippen LogP contribution >= 0.6 is 0 Å². The molecular weight excluding hydrogens is 473 g/mol. The van der Waals surface area contributed by atoms with Crippen LogP contribution in [0, 0.1) is 17.6 Å². The highest BCUT2D eigenvalue weighted by molar-refractivity contribution is 5.35. The second-order valence-corrected chi connectivity index (χ2v) is 7.57. The molecule has 2 aromatic rings. The highest BCUT2D eigenvalue weighted by Gasteiger charge is 2.38. The van der Waals surface area contributed by atoms with Gasteiger partial charge in [-0.25, -0.2) is 8.78 Å². The number of benzene rings is 2. The first-order chi connectivity index (χ1) is 16.0. The molecule has 0 unspecified atom stereocenters. The van der Waals surface area contributed by atoms with Crippen molar-refractivity contribution in [3.05, 3.63) is 71.5 Å². The van der Waals surface area contributed by atoms with Gasteiger partial charge in [0, 0.05) is 17.5 Å². The largest absolute Gasteiger partial charge is 0.462 e. The first-order valence-electron chi connectivity index (χ1n) is 10.3. The molecule has 0 atom stereocenters. The van der Waals surface area contributed by atoms with Gasteiger partial charge in [-0.05, 0) is 30.7 Å². The van der Waals surface area contributed by atoms with E-state index in [2.05, 4.69) is 9.47 Å². The van der Waals surface area contributed by atoms with Crippen molar-refractivity contribution in [1.29, 1.82) is 0 Å². The van der Waals surface area contributed by atoms with E-state index in [1.807, 2.05) is 6.92 Å². The Morgan fingerprint density at radius 1 is 0.971 bits per heavy atom. The summed E-state index contributed by atoms with van der Waals surface area (Å²) in [7, 11) is 0. The van der Waals surface area contributed by atoms with Crippen molar-refractivity contribution in [2.45, 2.75) is 38.3 Å². The monoisotopic (exact) mass is 494 g/mol. The Bertz CT molecular complexity index is 999. The molecule has 2 aromatic carbocycles. The van der Waals surface area contributed by atoms with E-state index in [4.69, 9.17) is 9.47 Å². The molecule has 0 amide bonds. The van der Waals surface area contributed by atoms with E-state index in [0.29, 0.717) is 19.3 Å². The fraction of sp³-hybridized carbons (Fsp3) is 0.391. The van der Waals surface area contributed by atoms with Crippen molar-refractivity contribution in [1.82, 2.24) is 0 Å². The molecule has 34 heavy (non-hydrogen) atoms. The van der Waals surface area contributed by atoms with Crippen molar-refractivity contribution in [2.24, 2.45) is 5.92 Å². The van der Waals surface area contributed by atoms with E-state index in [0.717, 1.165) is 37.1 Å². The summed E-state index contributed by atoms with van der Waals surface area (Å²) in [6.07, 6.45) is -7.96. The van der Waals surface area contributed by atoms with Gasteiger partial charge in [-0.3, -0.25) is 0 Å². The summed E-state index contributed by atoms with van der Waals surface area (Å²) in [6.45, 7) is 2.83. The van der Waals surface area contributed by atoms with Crippen molar-refractivity contribution in [3.8, 4) is 11.5 Å². The van der Waals surface area contributed by atoms with Crippen LogP contribution in [0.5, 0.6) is 11.5 Å². The molecule has 0 radical (unpaired) electrons. The highest BCUT2D eigenvalue weighted by Crippen LogP contribution is 2.36. The van der Waals surface area contributed by atoms with Crippen molar-refractivity contribution in [3.63, 3.8) is 0 Å². The molecule has 0 bridgehead atoms. The SMILES string of the molecule is CCCC1COC(c2ccc(C(F)(F)Oc3ccc(OC=CC(F)(F)F)c(F)c3)c(F)c2)OC1. The van der Waals surface area contributed by atoms with Gasteiger partial charge >= 0.3 is 12.3 Å². The van der Waals surface area contributed by atoms with Crippen molar-refractivity contribution < 1.29 is 49.7 Å². The number of hydrogen-bond donors (Lipinski definition) is 0. The van der Waals surface area contributed by atoms with Gasteiger partial charge in [0.25, 0.3) is 0 Å². The van der Waals surface area contributed by atoms with Gasteiger partial charge < -0.3 is 18.9 Å². The lowest BCUT2D eigenvalue weighted by atomic mass is 10.0. The lowest BCUT2D eigenvalue weighted by Crippen LogP contribution is -2.27. The minimum atomic E-state index is -4.67. The number of allylic oxidation sites excluding steroid dienone is 1. The standard InChI is InChI=1S/C23H21F7O4/c1-2-3-14-12-32-21(33-13-14)15-4-6-17(18(24)10-15)23(29,30)34-16-5-7-20(19(25)11-16)31-9-8-22(26,27)28/h4-11,14,21H,2-3,12-13H2,1H3. The zero-order valence-corrected chi connectivity index (χ0v) is 17.9. The normalized spacial score (nSPS) is 19.4. The van der Waals surface area contributed by atoms with Crippen LogP contribution < -0.4 is 9.47 Å². The molecule has 0 saturated carbocycles. The average molecular weight is 494 g/mol. The predicted octanol–water partition coefficient (Wildman–Crippen LogP) is 7.01. The van der Waals surface area contributed by atoms with Gasteiger partial charge in [0.15, 0.2) is 17.9 Å². The summed E-state index contributed by atoms with van der Waals surface area (Å²) in [6, 6.07) is 4.99. The fourth-order valence-electron chi connectivity index (χ4n) is 3.25. The lowest BCUT2D eigenvalue weighted by molar-refractivity contribution is -0.206. The van der Waals surface area contributed by atoms with Crippen LogP contribution in [-0.2, 0) is 15.6 Å². The predicted molar refractivity (Wildman–Crippen MR) is 106 cm³/mol. The molecule has 0 aliphatic carbocycles. The van der Waals surface area contributed by atoms with E-state index in [9.17, 15) is 30.7 Å². The maximum atomic E-state index is 14.6. The summed E-state index contributed by atoms with van der Waals surface area (Å²) in [5.74, 6) is -3.69. The third-order valence-corrected chi connectivity index (χ3v) is 4.84. The molecule has 11 heteroatoms. The molecule has 1 aliphatic heterocycles. The minimum Gasteiger partial charge on any atom is -0.462 e. The number of hydrogen-bond acceptors (Lipinski definition) is 4. The van der Waals surface area contributed by atoms with E-state index in [1.54, 1.807) is 0 Å². The average Bonchev–Trinajstić information content (AvgIpc) is 2.75. The second kappa shape index (κ2) is 10.6. The Morgan fingerprint density at radius 2 is 1.68 bits per heavy atom. The summed E-state index contributed by atoms with van der Waals surface area (Å²) in [5.41, 5.74) is -0.892. The van der Waals surface area contributed by atoms with Gasteiger partial charge in [0.2, 0.25) is 0 Å². The van der Waals surface area contributed by atoms with Crippen molar-refractivity contribution in [2.75, 3.05) is 13.2 Å². The summed E-state index contributed by atoms with van der Waals surface area (Å²) >= 11 is 0. The highest BCUT2D eigenvalue weighted by atomic mass is 19.4. The van der Waals surface area contributed by atoms with Crippen LogP contribution in [0.3, 0.4) is 0 Å². The summed E-state index contributed by atoms with van der Waals surface area (Å²) in [4.78, 5) is 0. The van der Waals surface area contributed by atoms with Gasteiger partial charge in [-0.1, -0.05) is 19.4 Å². The van der Waals surface area contributed by atoms with Crippen molar-refractivity contribution >= 4 is 0 Å². The Kier molecular flexibility index (Phi) is 8.09. The maximum absolute atomic E-state index is 14.6. The van der Waals surface area contributed by atoms with Crippen LogP contribution in [0.25, 0.3) is 0 Å². The Hall–Kier alpha value is -2.79. The number of ether oxygens (including phenoxy) is 4. The number of rotatable bonds is 8. The first kappa shape index (κ1) is 25.8. The lowest BCUT2D eigenvalue weighted by Gasteiger charge is -2.29. The minimum absolute atomic E-state index is 0.203. The third kappa shape index (κ3) is 6.86. The second-order valence-electron chi connectivity index (χ2n) is 7.57. The summed E-state index contributed by atoms with van der Waals surface area (Å²) < 4.78 is 114. The molecule has 186 valence electrons. The zero-order chi connectivity index (χ0) is 24.9.